The number of fused-ring (bicyclic) bond motifs is 7. The summed E-state index contributed by atoms with van der Waals surface area (Å²) in [6, 6.07) is 0. The summed E-state index contributed by atoms with van der Waals surface area (Å²) in [5.41, 5.74) is 0.861. The number of aliphatic hydroxyl groups excluding tert-OH is 5. The summed E-state index contributed by atoms with van der Waals surface area (Å²) in [5.74, 6) is 1.40. The molecule has 0 aromatic carbocycles. The molecule has 5 unspecified atom stereocenters. The molecule has 4 saturated carbocycles. The highest BCUT2D eigenvalue weighted by Crippen LogP contribution is 2.76. The lowest BCUT2D eigenvalue weighted by molar-refractivity contribution is -0.272. The molecule has 1 saturated heterocycles. The van der Waals surface area contributed by atoms with E-state index in [2.05, 4.69) is 54.5 Å². The van der Waals surface area contributed by atoms with Crippen molar-refractivity contribution in [2.24, 2.45) is 50.2 Å². The molecule has 13 atom stereocenters. The van der Waals surface area contributed by atoms with Gasteiger partial charge in [0.2, 0.25) is 0 Å². The number of aliphatic hydroxyl groups is 5. The van der Waals surface area contributed by atoms with Crippen LogP contribution in [0.2, 0.25) is 0 Å². The largest absolute Gasteiger partial charge is 0.394 e. The Morgan fingerprint density at radius 2 is 1.56 bits per heavy atom. The Kier molecular flexibility index (Phi) is 7.53. The number of hydrogen-bond donors (Lipinski definition) is 5. The summed E-state index contributed by atoms with van der Waals surface area (Å²) in [4.78, 5) is 13.1. The first-order valence-electron chi connectivity index (χ1n) is 17.1. The van der Waals surface area contributed by atoms with Crippen LogP contribution in [0.1, 0.15) is 113 Å². The Bertz CT molecular complexity index is 1160. The van der Waals surface area contributed by atoms with Gasteiger partial charge < -0.3 is 30.3 Å². The van der Waals surface area contributed by atoms with E-state index in [-0.39, 0.29) is 33.0 Å². The maximum Gasteiger partial charge on any atom is 0.138 e. The molecular formula is C36H58O7. The quantitative estimate of drug-likeness (QED) is 0.300. The average molecular weight is 603 g/mol. The summed E-state index contributed by atoms with van der Waals surface area (Å²) in [7, 11) is 0. The van der Waals surface area contributed by atoms with Crippen LogP contribution in [0, 0.1) is 50.2 Å². The first kappa shape index (κ1) is 32.1. The number of carbonyl (C=O) groups is 1. The van der Waals surface area contributed by atoms with E-state index < -0.39 is 48.6 Å². The summed E-state index contributed by atoms with van der Waals surface area (Å²) >= 11 is 0. The van der Waals surface area contributed by atoms with Gasteiger partial charge in [0.15, 0.2) is 0 Å². The minimum atomic E-state index is -1.49. The Morgan fingerprint density at radius 1 is 0.884 bits per heavy atom. The van der Waals surface area contributed by atoms with E-state index in [1.165, 1.54) is 5.57 Å². The third-order valence-electron chi connectivity index (χ3n) is 15.3. The number of allylic oxidation sites excluding steroid dienone is 2. The van der Waals surface area contributed by atoms with E-state index in [1.807, 2.05) is 0 Å². The van der Waals surface area contributed by atoms with Gasteiger partial charge in [0.25, 0.3) is 0 Å². The van der Waals surface area contributed by atoms with Crippen molar-refractivity contribution in [3.05, 3.63) is 11.6 Å². The highest BCUT2D eigenvalue weighted by molar-refractivity contribution is 5.85. The van der Waals surface area contributed by atoms with Crippen LogP contribution in [0.4, 0.5) is 0 Å². The second-order valence-electron chi connectivity index (χ2n) is 17.8. The zero-order chi connectivity index (χ0) is 31.5. The SMILES string of the molecule is CC1(C)CC[C@]2([C@H](O)[C@H]3OC(CO)[C@@H](O)[C@H](O)C3O)CC[C@]3(C)C(=CCC4[C@@]5(C)CCC(=O)C(C)(C)C5CC[C@]43C)C2C1. The monoisotopic (exact) mass is 602 g/mol. The molecule has 5 aliphatic carbocycles. The lowest BCUT2D eigenvalue weighted by Gasteiger charge is -2.71. The molecule has 6 aliphatic rings. The molecule has 0 bridgehead atoms. The van der Waals surface area contributed by atoms with Gasteiger partial charge in [0.1, 0.15) is 36.3 Å². The van der Waals surface area contributed by atoms with Crippen LogP contribution in [-0.2, 0) is 9.53 Å². The molecule has 244 valence electrons. The third kappa shape index (κ3) is 4.23. The zero-order valence-corrected chi connectivity index (χ0v) is 27.6. The third-order valence-corrected chi connectivity index (χ3v) is 15.3. The first-order valence-corrected chi connectivity index (χ1v) is 17.1. The average Bonchev–Trinajstić information content (AvgIpc) is 2.94. The molecule has 0 aromatic heterocycles. The van der Waals surface area contributed by atoms with Gasteiger partial charge in [-0.2, -0.15) is 0 Å². The van der Waals surface area contributed by atoms with Crippen LogP contribution in [0.15, 0.2) is 11.6 Å². The maximum atomic E-state index is 13.1. The van der Waals surface area contributed by atoms with Crippen LogP contribution in [0.5, 0.6) is 0 Å². The van der Waals surface area contributed by atoms with Crippen molar-refractivity contribution >= 4 is 5.78 Å². The maximum absolute atomic E-state index is 13.1. The van der Waals surface area contributed by atoms with Crippen molar-refractivity contribution in [3.8, 4) is 0 Å². The van der Waals surface area contributed by atoms with E-state index >= 15 is 0 Å². The molecule has 0 aromatic rings. The van der Waals surface area contributed by atoms with E-state index in [0.29, 0.717) is 24.0 Å². The van der Waals surface area contributed by atoms with Gasteiger partial charge >= 0.3 is 0 Å². The number of rotatable bonds is 3. The van der Waals surface area contributed by atoms with Gasteiger partial charge in [0.05, 0.1) is 12.7 Å². The van der Waals surface area contributed by atoms with Gasteiger partial charge in [-0.25, -0.2) is 0 Å². The summed E-state index contributed by atoms with van der Waals surface area (Å²) in [6.45, 7) is 16.0. The van der Waals surface area contributed by atoms with Crippen molar-refractivity contribution in [2.45, 2.75) is 149 Å². The second kappa shape index (κ2) is 10.1. The number of hydrogen-bond acceptors (Lipinski definition) is 7. The molecule has 1 aliphatic heterocycles. The van der Waals surface area contributed by atoms with E-state index in [0.717, 1.165) is 57.8 Å². The Labute approximate surface area is 258 Å². The molecule has 1 heterocycles. The number of ketones is 1. The Hall–Kier alpha value is -0.830. The zero-order valence-electron chi connectivity index (χ0n) is 27.6. The summed E-state index contributed by atoms with van der Waals surface area (Å²) in [5, 5.41) is 54.3. The van der Waals surface area contributed by atoms with Crippen molar-refractivity contribution in [1.82, 2.24) is 0 Å². The molecule has 7 heteroatoms. The number of Topliss-reactive ketones (excluding diaryl/α,β-unsaturated/α-hetero) is 1. The van der Waals surface area contributed by atoms with Gasteiger partial charge in [-0.15, -0.1) is 0 Å². The second-order valence-corrected chi connectivity index (χ2v) is 17.8. The molecule has 0 amide bonds. The van der Waals surface area contributed by atoms with Crippen LogP contribution >= 0.6 is 0 Å². The van der Waals surface area contributed by atoms with Crippen molar-refractivity contribution in [3.63, 3.8) is 0 Å². The van der Waals surface area contributed by atoms with E-state index in [9.17, 15) is 30.3 Å². The minimum Gasteiger partial charge on any atom is -0.394 e. The van der Waals surface area contributed by atoms with Crippen molar-refractivity contribution < 1.29 is 35.1 Å². The van der Waals surface area contributed by atoms with Crippen LogP contribution < -0.4 is 0 Å². The fourth-order valence-corrected chi connectivity index (χ4v) is 12.3. The molecule has 6 rings (SSSR count). The van der Waals surface area contributed by atoms with Gasteiger partial charge in [-0.1, -0.05) is 60.1 Å². The standard InChI is InChI=1S/C36H58O7/c1-31(2)14-16-36(30(42)29-28(41)27(40)26(39)22(19-37)43-29)17-15-34(6)20(21(36)18-31)8-9-24-33(5)12-11-25(38)32(3,4)23(33)10-13-35(24,34)7/h8,21-24,26-30,37,39-42H,9-19H2,1-7H3/t21?,22?,23?,24?,26-,27+,28?,29+,30-,33+,34-,35-,36+/m1/s1. The predicted octanol–water partition coefficient (Wildman–Crippen LogP) is 4.56. The molecule has 7 nitrogen and oxygen atoms in total. The van der Waals surface area contributed by atoms with E-state index in [1.54, 1.807) is 0 Å². The number of ether oxygens (including phenoxy) is 1. The minimum absolute atomic E-state index is 0.0494. The highest BCUT2D eigenvalue weighted by atomic mass is 16.6. The van der Waals surface area contributed by atoms with Crippen LogP contribution in [0.3, 0.4) is 0 Å². The fraction of sp³-hybridized carbons (Fsp3) is 0.917. The Morgan fingerprint density at radius 3 is 2.23 bits per heavy atom. The van der Waals surface area contributed by atoms with Gasteiger partial charge in [-0.3, -0.25) is 4.79 Å². The van der Waals surface area contributed by atoms with Crippen molar-refractivity contribution in [1.29, 1.82) is 0 Å². The van der Waals surface area contributed by atoms with Crippen LogP contribution in [0.25, 0.3) is 0 Å². The topological polar surface area (TPSA) is 127 Å². The lowest BCUT2D eigenvalue weighted by Crippen LogP contribution is -2.68. The van der Waals surface area contributed by atoms with Crippen molar-refractivity contribution in [2.75, 3.05) is 6.61 Å². The lowest BCUT2D eigenvalue weighted by atomic mass is 9.33. The summed E-state index contributed by atoms with van der Waals surface area (Å²) < 4.78 is 6.00. The fourth-order valence-electron chi connectivity index (χ4n) is 12.3. The van der Waals surface area contributed by atoms with Gasteiger partial charge in [-0.05, 0) is 97.2 Å². The van der Waals surface area contributed by atoms with Gasteiger partial charge in [0, 0.05) is 17.3 Å². The smallest absolute Gasteiger partial charge is 0.138 e. The molecule has 43 heavy (non-hydrogen) atoms. The predicted molar refractivity (Wildman–Crippen MR) is 164 cm³/mol. The summed E-state index contributed by atoms with van der Waals surface area (Å²) in [6.07, 6.45) is 4.19. The first-order chi connectivity index (χ1) is 19.9. The van der Waals surface area contributed by atoms with E-state index in [4.69, 9.17) is 4.74 Å². The van der Waals surface area contributed by atoms with Crippen LogP contribution in [-0.4, -0.2) is 74.5 Å². The molecular weight excluding hydrogens is 544 g/mol. The molecule has 5 N–H and O–H groups in total. The molecule has 5 fully saturated rings. The Balaban J connectivity index is 1.40. The molecule has 0 spiro atoms. The highest BCUT2D eigenvalue weighted by Gasteiger charge is 2.69. The number of carbonyl (C=O) groups excluding carboxylic acids is 1. The normalized spacial score (nSPS) is 53.0. The molecule has 0 radical (unpaired) electrons.